The van der Waals surface area contributed by atoms with E-state index < -0.39 is 6.17 Å². The molecule has 1 aromatic heterocycles. The summed E-state index contributed by atoms with van der Waals surface area (Å²) in [4.78, 5) is 4.32. The van der Waals surface area contributed by atoms with Gasteiger partial charge in [0.05, 0.1) is 0 Å². The predicted molar refractivity (Wildman–Crippen MR) is 76.6 cm³/mol. The van der Waals surface area contributed by atoms with Gasteiger partial charge >= 0.3 is 0 Å². The molecule has 0 bridgehead atoms. The lowest BCUT2D eigenvalue weighted by atomic mass is 10.0. The van der Waals surface area contributed by atoms with Crippen LogP contribution in [0.1, 0.15) is 49.9 Å². The van der Waals surface area contributed by atoms with E-state index in [1.54, 1.807) is 0 Å². The standard InChI is InChI=1S/C15H21ClFN/c1-4-6-13(17)8-7-12-9-14(15(16)5-2)11(3)18-10-12/h5,9-10,13H,4,6-8H2,1-3H3/b15-5+. The van der Waals surface area contributed by atoms with Crippen LogP contribution in [0.25, 0.3) is 5.03 Å². The summed E-state index contributed by atoms with van der Waals surface area (Å²) >= 11 is 6.13. The van der Waals surface area contributed by atoms with Crippen LogP contribution in [0, 0.1) is 6.92 Å². The number of hydrogen-bond donors (Lipinski definition) is 0. The molecule has 0 saturated carbocycles. The Labute approximate surface area is 114 Å². The van der Waals surface area contributed by atoms with Crippen molar-refractivity contribution in [1.29, 1.82) is 0 Å². The molecule has 1 aromatic rings. The summed E-state index contributed by atoms with van der Waals surface area (Å²) in [5.41, 5.74) is 2.91. The molecule has 18 heavy (non-hydrogen) atoms. The van der Waals surface area contributed by atoms with Crippen molar-refractivity contribution >= 4 is 16.6 Å². The smallest absolute Gasteiger partial charge is 0.100 e. The van der Waals surface area contributed by atoms with Crippen LogP contribution >= 0.6 is 11.6 Å². The Hall–Kier alpha value is -0.890. The number of hydrogen-bond acceptors (Lipinski definition) is 1. The van der Waals surface area contributed by atoms with E-state index in [2.05, 4.69) is 4.98 Å². The van der Waals surface area contributed by atoms with Crippen molar-refractivity contribution in [2.24, 2.45) is 0 Å². The van der Waals surface area contributed by atoms with E-state index in [4.69, 9.17) is 11.6 Å². The van der Waals surface area contributed by atoms with Gasteiger partial charge in [-0.3, -0.25) is 4.98 Å². The number of alkyl halides is 1. The van der Waals surface area contributed by atoms with Gasteiger partial charge in [0.2, 0.25) is 0 Å². The molecule has 0 spiro atoms. The van der Waals surface area contributed by atoms with Crippen LogP contribution in [0.15, 0.2) is 18.3 Å². The number of nitrogens with zero attached hydrogens (tertiary/aromatic N) is 1. The summed E-state index contributed by atoms with van der Waals surface area (Å²) in [6.07, 6.45) is 5.77. The zero-order valence-electron chi connectivity index (χ0n) is 11.3. The maximum atomic E-state index is 13.4. The number of allylic oxidation sites excluding steroid dienone is 1. The van der Waals surface area contributed by atoms with Gasteiger partial charge in [0.1, 0.15) is 6.17 Å². The molecule has 1 heterocycles. The lowest BCUT2D eigenvalue weighted by Gasteiger charge is -2.09. The normalized spacial score (nSPS) is 13.7. The third-order valence-electron chi connectivity index (χ3n) is 3.00. The molecule has 0 aliphatic rings. The molecule has 3 heteroatoms. The fourth-order valence-corrected chi connectivity index (χ4v) is 2.08. The van der Waals surface area contributed by atoms with E-state index in [0.717, 1.165) is 29.7 Å². The number of pyridine rings is 1. The lowest BCUT2D eigenvalue weighted by molar-refractivity contribution is 0.294. The van der Waals surface area contributed by atoms with Crippen LogP contribution in [-0.2, 0) is 6.42 Å². The molecule has 1 rings (SSSR count). The molecule has 0 N–H and O–H groups in total. The Bertz CT molecular complexity index is 415. The number of halogens is 2. The Kier molecular flexibility index (Phi) is 6.34. The number of aryl methyl sites for hydroxylation is 2. The van der Waals surface area contributed by atoms with Crippen LogP contribution in [-0.4, -0.2) is 11.2 Å². The highest BCUT2D eigenvalue weighted by Crippen LogP contribution is 2.23. The zero-order chi connectivity index (χ0) is 13.5. The van der Waals surface area contributed by atoms with Crippen molar-refractivity contribution < 1.29 is 4.39 Å². The maximum Gasteiger partial charge on any atom is 0.100 e. The van der Waals surface area contributed by atoms with Gasteiger partial charge in [0, 0.05) is 22.5 Å². The van der Waals surface area contributed by atoms with E-state index >= 15 is 0 Å². The molecule has 100 valence electrons. The molecule has 0 aliphatic heterocycles. The quantitative estimate of drug-likeness (QED) is 0.703. The van der Waals surface area contributed by atoms with Crippen LogP contribution in [0.3, 0.4) is 0 Å². The topological polar surface area (TPSA) is 12.9 Å². The van der Waals surface area contributed by atoms with Crippen molar-refractivity contribution in [3.05, 3.63) is 35.2 Å². The summed E-state index contributed by atoms with van der Waals surface area (Å²) in [5, 5.41) is 0.701. The Morgan fingerprint density at radius 3 is 2.83 bits per heavy atom. The second-order valence-electron chi connectivity index (χ2n) is 4.54. The number of rotatable bonds is 6. The Morgan fingerprint density at radius 1 is 1.50 bits per heavy atom. The van der Waals surface area contributed by atoms with Crippen molar-refractivity contribution in [3.8, 4) is 0 Å². The van der Waals surface area contributed by atoms with Crippen molar-refractivity contribution in [2.75, 3.05) is 0 Å². The molecule has 0 saturated heterocycles. The second-order valence-corrected chi connectivity index (χ2v) is 4.94. The molecule has 0 fully saturated rings. The minimum absolute atomic E-state index is 0.561. The van der Waals surface area contributed by atoms with Gasteiger partial charge in [0.25, 0.3) is 0 Å². The third-order valence-corrected chi connectivity index (χ3v) is 3.42. The molecule has 0 aromatic carbocycles. The number of aromatic nitrogens is 1. The van der Waals surface area contributed by atoms with Gasteiger partial charge in [-0.2, -0.15) is 0 Å². The van der Waals surface area contributed by atoms with E-state index in [9.17, 15) is 4.39 Å². The Morgan fingerprint density at radius 2 is 2.22 bits per heavy atom. The van der Waals surface area contributed by atoms with Crippen LogP contribution < -0.4 is 0 Å². The van der Waals surface area contributed by atoms with E-state index in [0.29, 0.717) is 17.9 Å². The molecule has 0 amide bonds. The van der Waals surface area contributed by atoms with Gasteiger partial charge < -0.3 is 0 Å². The molecular formula is C15H21ClFN. The second kappa shape index (κ2) is 7.52. The Balaban J connectivity index is 2.73. The highest BCUT2D eigenvalue weighted by Gasteiger charge is 2.08. The first-order chi connectivity index (χ1) is 8.58. The first-order valence-electron chi connectivity index (χ1n) is 6.50. The molecule has 0 aliphatic carbocycles. The van der Waals surface area contributed by atoms with Crippen molar-refractivity contribution in [1.82, 2.24) is 4.98 Å². The van der Waals surface area contributed by atoms with Crippen molar-refractivity contribution in [2.45, 2.75) is 52.6 Å². The average molecular weight is 270 g/mol. The third kappa shape index (κ3) is 4.41. The van der Waals surface area contributed by atoms with E-state index in [-0.39, 0.29) is 0 Å². The first kappa shape index (κ1) is 15.2. The van der Waals surface area contributed by atoms with Gasteiger partial charge in [-0.15, -0.1) is 0 Å². The maximum absolute atomic E-state index is 13.4. The zero-order valence-corrected chi connectivity index (χ0v) is 12.1. The fourth-order valence-electron chi connectivity index (χ4n) is 1.89. The molecule has 1 nitrogen and oxygen atoms in total. The summed E-state index contributed by atoms with van der Waals surface area (Å²) in [6, 6.07) is 2.02. The molecule has 0 radical (unpaired) electrons. The van der Waals surface area contributed by atoms with Crippen LogP contribution in [0.2, 0.25) is 0 Å². The van der Waals surface area contributed by atoms with Crippen LogP contribution in [0.4, 0.5) is 4.39 Å². The summed E-state index contributed by atoms with van der Waals surface area (Å²) in [7, 11) is 0. The average Bonchev–Trinajstić information content (AvgIpc) is 2.37. The van der Waals surface area contributed by atoms with E-state index in [1.807, 2.05) is 39.1 Å². The summed E-state index contributed by atoms with van der Waals surface area (Å²) in [5.74, 6) is 0. The largest absolute Gasteiger partial charge is 0.261 e. The molecule has 1 atom stereocenters. The van der Waals surface area contributed by atoms with Gasteiger partial charge in [0.15, 0.2) is 0 Å². The molecular weight excluding hydrogens is 249 g/mol. The predicted octanol–water partition coefficient (Wildman–Crippen LogP) is 5.06. The SMILES string of the molecule is C/C=C(/Cl)c1cc(CCC(F)CCC)cnc1C. The minimum Gasteiger partial charge on any atom is -0.261 e. The van der Waals surface area contributed by atoms with Gasteiger partial charge in [-0.05, 0) is 44.7 Å². The lowest BCUT2D eigenvalue weighted by Crippen LogP contribution is -2.02. The highest BCUT2D eigenvalue weighted by molar-refractivity contribution is 6.48. The van der Waals surface area contributed by atoms with Crippen LogP contribution in [0.5, 0.6) is 0 Å². The highest BCUT2D eigenvalue weighted by atomic mass is 35.5. The summed E-state index contributed by atoms with van der Waals surface area (Å²) in [6.45, 7) is 5.83. The minimum atomic E-state index is -0.711. The summed E-state index contributed by atoms with van der Waals surface area (Å²) < 4.78 is 13.4. The van der Waals surface area contributed by atoms with Gasteiger partial charge in [-0.25, -0.2) is 4.39 Å². The van der Waals surface area contributed by atoms with Gasteiger partial charge in [-0.1, -0.05) is 31.0 Å². The monoisotopic (exact) mass is 269 g/mol. The molecule has 1 unspecified atom stereocenters. The van der Waals surface area contributed by atoms with Crippen molar-refractivity contribution in [3.63, 3.8) is 0 Å². The van der Waals surface area contributed by atoms with E-state index in [1.165, 1.54) is 0 Å². The first-order valence-corrected chi connectivity index (χ1v) is 6.88. The fraction of sp³-hybridized carbons (Fsp3) is 0.533.